The minimum atomic E-state index is -0.204. The van der Waals surface area contributed by atoms with Gasteiger partial charge in [-0.25, -0.2) is 4.79 Å². The highest BCUT2D eigenvalue weighted by molar-refractivity contribution is 8.05. The van der Waals surface area contributed by atoms with Gasteiger partial charge in [-0.15, -0.1) is 24.4 Å². The highest BCUT2D eigenvalue weighted by Gasteiger charge is 2.20. The minimum absolute atomic E-state index is 0.204. The van der Waals surface area contributed by atoms with Crippen molar-refractivity contribution in [1.82, 2.24) is 0 Å². The molecule has 0 atom stereocenters. The van der Waals surface area contributed by atoms with Crippen LogP contribution in [0.2, 0.25) is 0 Å². The van der Waals surface area contributed by atoms with Gasteiger partial charge in [-0.1, -0.05) is 6.92 Å². The van der Waals surface area contributed by atoms with Crippen LogP contribution in [0, 0.1) is 0 Å². The Labute approximate surface area is 82.2 Å². The maximum absolute atomic E-state index is 11.3. The van der Waals surface area contributed by atoms with Gasteiger partial charge in [0.05, 0.1) is 6.61 Å². The molecule has 0 amide bonds. The lowest BCUT2D eigenvalue weighted by atomic mass is 10.4. The van der Waals surface area contributed by atoms with Gasteiger partial charge in [0.25, 0.3) is 0 Å². The van der Waals surface area contributed by atoms with Gasteiger partial charge in [0, 0.05) is 10.7 Å². The molecule has 0 aromatic heterocycles. The molecule has 0 bridgehead atoms. The molecule has 0 aromatic carbocycles. The molecule has 1 rings (SSSR count). The third-order valence-corrected chi connectivity index (χ3v) is 3.18. The zero-order valence-corrected chi connectivity index (χ0v) is 8.71. The number of hydrogen-bond donors (Lipinski definition) is 1. The summed E-state index contributed by atoms with van der Waals surface area (Å²) in [7, 11) is 0. The average molecular weight is 204 g/mol. The van der Waals surface area contributed by atoms with Crippen molar-refractivity contribution < 1.29 is 9.53 Å². The third kappa shape index (κ3) is 2.45. The van der Waals surface area contributed by atoms with Crippen LogP contribution in [0.3, 0.4) is 0 Å². The van der Waals surface area contributed by atoms with Crippen LogP contribution >= 0.6 is 24.4 Å². The standard InChI is InChI=1S/C8H12O2S2/c1-2-4-10-8(9)7-6(11)3-5-12-7/h11H,2-5H2,1H3. The summed E-state index contributed by atoms with van der Waals surface area (Å²) in [4.78, 5) is 12.8. The van der Waals surface area contributed by atoms with Crippen molar-refractivity contribution in [2.24, 2.45) is 0 Å². The van der Waals surface area contributed by atoms with Gasteiger partial charge in [-0.3, -0.25) is 0 Å². The van der Waals surface area contributed by atoms with E-state index in [0.29, 0.717) is 11.5 Å². The van der Waals surface area contributed by atoms with Gasteiger partial charge in [0.1, 0.15) is 4.91 Å². The van der Waals surface area contributed by atoms with Crippen LogP contribution in [0.15, 0.2) is 9.81 Å². The van der Waals surface area contributed by atoms with Gasteiger partial charge in [0.2, 0.25) is 0 Å². The lowest BCUT2D eigenvalue weighted by molar-refractivity contribution is -0.138. The molecule has 1 heterocycles. The van der Waals surface area contributed by atoms with E-state index in [2.05, 4.69) is 12.6 Å². The fraction of sp³-hybridized carbons (Fsp3) is 0.625. The molecule has 68 valence electrons. The van der Waals surface area contributed by atoms with Crippen molar-refractivity contribution >= 4 is 30.4 Å². The summed E-state index contributed by atoms with van der Waals surface area (Å²) in [5.74, 6) is 0.749. The van der Waals surface area contributed by atoms with Gasteiger partial charge in [-0.2, -0.15) is 0 Å². The lowest BCUT2D eigenvalue weighted by Crippen LogP contribution is -2.05. The predicted octanol–water partition coefficient (Wildman–Crippen LogP) is 2.22. The molecule has 0 radical (unpaired) electrons. The molecule has 0 aromatic rings. The van der Waals surface area contributed by atoms with Gasteiger partial charge in [-0.05, 0) is 12.8 Å². The number of thioether (sulfide) groups is 1. The lowest BCUT2D eigenvalue weighted by Gasteiger charge is -2.02. The van der Waals surface area contributed by atoms with E-state index in [9.17, 15) is 4.79 Å². The number of carbonyl (C=O) groups excluding carboxylic acids is 1. The number of carbonyl (C=O) groups is 1. The Hall–Kier alpha value is -0.0900. The zero-order chi connectivity index (χ0) is 8.97. The smallest absolute Gasteiger partial charge is 0.345 e. The Balaban J connectivity index is 2.46. The zero-order valence-electron chi connectivity index (χ0n) is 7.00. The third-order valence-electron chi connectivity index (χ3n) is 1.47. The molecule has 1 aliphatic heterocycles. The quantitative estimate of drug-likeness (QED) is 0.564. The van der Waals surface area contributed by atoms with Gasteiger partial charge in [0.15, 0.2) is 0 Å². The number of esters is 1. The second-order valence-corrected chi connectivity index (χ2v) is 4.16. The molecule has 0 fully saturated rings. The highest BCUT2D eigenvalue weighted by Crippen LogP contribution is 2.33. The number of ether oxygens (including phenoxy) is 1. The van der Waals surface area contributed by atoms with Crippen LogP contribution in [0.5, 0.6) is 0 Å². The molecule has 4 heteroatoms. The minimum Gasteiger partial charge on any atom is -0.462 e. The fourth-order valence-corrected chi connectivity index (χ4v) is 2.39. The summed E-state index contributed by atoms with van der Waals surface area (Å²) in [6, 6.07) is 0. The SMILES string of the molecule is CCCOC(=O)C1=C(S)CCS1. The summed E-state index contributed by atoms with van der Waals surface area (Å²) < 4.78 is 4.98. The Kier molecular flexibility index (Phi) is 4.01. The second-order valence-electron chi connectivity index (χ2n) is 2.51. The predicted molar refractivity (Wildman–Crippen MR) is 54.3 cm³/mol. The normalized spacial score (nSPS) is 16.8. The molecule has 1 aliphatic rings. The first-order chi connectivity index (χ1) is 5.75. The monoisotopic (exact) mass is 204 g/mol. The summed E-state index contributed by atoms with van der Waals surface area (Å²) in [6.45, 7) is 2.48. The van der Waals surface area contributed by atoms with E-state index >= 15 is 0 Å². The molecule has 0 spiro atoms. The van der Waals surface area contributed by atoms with Crippen molar-refractivity contribution in [3.05, 3.63) is 9.81 Å². The number of thiol groups is 1. The van der Waals surface area contributed by atoms with E-state index in [0.717, 1.165) is 23.5 Å². The summed E-state index contributed by atoms with van der Waals surface area (Å²) in [5.41, 5.74) is 0. The molecule has 0 N–H and O–H groups in total. The molecule has 0 unspecified atom stereocenters. The van der Waals surface area contributed by atoms with Gasteiger partial charge >= 0.3 is 5.97 Å². The average Bonchev–Trinajstić information content (AvgIpc) is 2.47. The summed E-state index contributed by atoms with van der Waals surface area (Å²) >= 11 is 5.74. The molecular formula is C8H12O2S2. The molecule has 12 heavy (non-hydrogen) atoms. The first-order valence-electron chi connectivity index (χ1n) is 3.97. The van der Waals surface area contributed by atoms with E-state index in [4.69, 9.17) is 4.74 Å². The van der Waals surface area contributed by atoms with Gasteiger partial charge < -0.3 is 4.74 Å². The molecule has 0 saturated carbocycles. The van der Waals surface area contributed by atoms with Crippen molar-refractivity contribution in [1.29, 1.82) is 0 Å². The Morgan fingerprint density at radius 2 is 2.50 bits per heavy atom. The van der Waals surface area contributed by atoms with Crippen LogP contribution in [0.4, 0.5) is 0 Å². The maximum atomic E-state index is 11.3. The largest absolute Gasteiger partial charge is 0.462 e. The van der Waals surface area contributed by atoms with Crippen molar-refractivity contribution in [3.63, 3.8) is 0 Å². The molecular weight excluding hydrogens is 192 g/mol. The summed E-state index contributed by atoms with van der Waals surface area (Å²) in [5, 5.41) is 0. The maximum Gasteiger partial charge on any atom is 0.345 e. The number of allylic oxidation sites excluding steroid dienone is 1. The number of hydrogen-bond acceptors (Lipinski definition) is 4. The summed E-state index contributed by atoms with van der Waals surface area (Å²) in [6.07, 6.45) is 1.76. The second kappa shape index (κ2) is 4.82. The van der Waals surface area contributed by atoms with Crippen LogP contribution < -0.4 is 0 Å². The van der Waals surface area contributed by atoms with Crippen LogP contribution in [0.1, 0.15) is 19.8 Å². The van der Waals surface area contributed by atoms with Crippen molar-refractivity contribution in [2.45, 2.75) is 19.8 Å². The molecule has 0 saturated heterocycles. The van der Waals surface area contributed by atoms with E-state index < -0.39 is 0 Å². The molecule has 0 aliphatic carbocycles. The van der Waals surface area contributed by atoms with Crippen LogP contribution in [0.25, 0.3) is 0 Å². The Morgan fingerprint density at radius 1 is 1.75 bits per heavy atom. The highest BCUT2D eigenvalue weighted by atomic mass is 32.2. The van der Waals surface area contributed by atoms with E-state index in [1.54, 1.807) is 0 Å². The van der Waals surface area contributed by atoms with E-state index in [1.807, 2.05) is 6.92 Å². The molecule has 2 nitrogen and oxygen atoms in total. The first kappa shape index (κ1) is 9.99. The Bertz CT molecular complexity index is 211. The van der Waals surface area contributed by atoms with Crippen LogP contribution in [-0.2, 0) is 9.53 Å². The topological polar surface area (TPSA) is 26.3 Å². The van der Waals surface area contributed by atoms with Crippen LogP contribution in [-0.4, -0.2) is 18.3 Å². The first-order valence-corrected chi connectivity index (χ1v) is 5.41. The van der Waals surface area contributed by atoms with Crippen molar-refractivity contribution in [2.75, 3.05) is 12.4 Å². The number of rotatable bonds is 3. The van der Waals surface area contributed by atoms with Crippen molar-refractivity contribution in [3.8, 4) is 0 Å². The Morgan fingerprint density at radius 3 is 3.00 bits per heavy atom. The van der Waals surface area contributed by atoms with E-state index in [1.165, 1.54) is 11.8 Å². The van der Waals surface area contributed by atoms with E-state index in [-0.39, 0.29) is 5.97 Å². The fourth-order valence-electron chi connectivity index (χ4n) is 0.884.